The van der Waals surface area contributed by atoms with Gasteiger partial charge in [-0.2, -0.15) is 0 Å². The molecule has 0 bridgehead atoms. The van der Waals surface area contributed by atoms with Crippen molar-refractivity contribution in [1.82, 2.24) is 4.67 Å². The molecule has 2 aliphatic heterocycles. The Labute approximate surface area is 100 Å². The van der Waals surface area contributed by atoms with Gasteiger partial charge < -0.3 is 4.57 Å². The molecule has 2 aliphatic rings. The van der Waals surface area contributed by atoms with Crippen LogP contribution in [0.4, 0.5) is 0 Å². The van der Waals surface area contributed by atoms with Gasteiger partial charge in [-0.15, -0.1) is 0 Å². The lowest BCUT2D eigenvalue weighted by molar-refractivity contribution is 0.213. The molecule has 0 amide bonds. The highest BCUT2D eigenvalue weighted by Gasteiger charge is 2.70. The Balaban J connectivity index is 2.32. The summed E-state index contributed by atoms with van der Waals surface area (Å²) in [6.45, 7) is 13.2. The van der Waals surface area contributed by atoms with Gasteiger partial charge in [0.1, 0.15) is 0 Å². The minimum atomic E-state index is -2.20. The summed E-state index contributed by atoms with van der Waals surface area (Å²) in [5.74, 6) is 0.549. The van der Waals surface area contributed by atoms with E-state index in [-0.39, 0.29) is 10.3 Å². The Bertz CT molecular complexity index is 309. The third-order valence-electron chi connectivity index (χ3n) is 5.41. The summed E-state index contributed by atoms with van der Waals surface area (Å²) in [5, 5.41) is 0.0156. The van der Waals surface area contributed by atoms with E-state index in [4.69, 9.17) is 0 Å². The van der Waals surface area contributed by atoms with E-state index in [9.17, 15) is 4.57 Å². The zero-order valence-electron chi connectivity index (χ0n) is 11.4. The first-order valence-electron chi connectivity index (χ1n) is 6.62. The predicted molar refractivity (Wildman–Crippen MR) is 70.4 cm³/mol. The van der Waals surface area contributed by atoms with E-state index < -0.39 is 7.29 Å². The molecule has 3 heteroatoms. The lowest BCUT2D eigenvalue weighted by Crippen LogP contribution is -2.62. The molecule has 0 unspecified atom stereocenters. The van der Waals surface area contributed by atoms with Crippen LogP contribution in [0.1, 0.15) is 53.9 Å². The highest BCUT2D eigenvalue weighted by atomic mass is 31.2. The maximum absolute atomic E-state index is 13.5. The Morgan fingerprint density at radius 2 is 1.44 bits per heavy atom. The molecule has 94 valence electrons. The molecule has 0 aromatic carbocycles. The molecule has 2 saturated heterocycles. The first-order valence-corrected chi connectivity index (χ1v) is 8.28. The zero-order valence-corrected chi connectivity index (χ0v) is 12.3. The van der Waals surface area contributed by atoms with Crippen molar-refractivity contribution in [2.45, 2.75) is 64.2 Å². The van der Waals surface area contributed by atoms with Gasteiger partial charge in [-0.1, -0.05) is 41.0 Å². The van der Waals surface area contributed by atoms with Crippen LogP contribution < -0.4 is 0 Å². The highest BCUT2D eigenvalue weighted by Crippen LogP contribution is 2.83. The maximum Gasteiger partial charge on any atom is 0.161 e. The molecule has 0 spiro atoms. The fourth-order valence-corrected chi connectivity index (χ4v) is 9.24. The van der Waals surface area contributed by atoms with Gasteiger partial charge in [0.15, 0.2) is 7.29 Å². The summed E-state index contributed by atoms with van der Waals surface area (Å²) in [7, 11) is -2.20. The van der Waals surface area contributed by atoms with Crippen LogP contribution in [0.25, 0.3) is 0 Å². The van der Waals surface area contributed by atoms with E-state index in [1.54, 1.807) is 0 Å². The highest BCUT2D eigenvalue weighted by molar-refractivity contribution is 7.66. The maximum atomic E-state index is 13.5. The Morgan fingerprint density at radius 3 is 1.88 bits per heavy atom. The van der Waals surface area contributed by atoms with Crippen LogP contribution in [0.3, 0.4) is 0 Å². The average Bonchev–Trinajstić information content (AvgIpc) is 2.27. The second-order valence-corrected chi connectivity index (χ2v) is 10.6. The quantitative estimate of drug-likeness (QED) is 0.650. The number of piperidine rings is 1. The molecule has 0 N–H and O–H groups in total. The van der Waals surface area contributed by atoms with Crippen molar-refractivity contribution in [2.75, 3.05) is 13.1 Å². The van der Waals surface area contributed by atoms with E-state index in [0.717, 1.165) is 13.1 Å². The van der Waals surface area contributed by atoms with Gasteiger partial charge in [-0.3, -0.25) is 4.67 Å². The van der Waals surface area contributed by atoms with Gasteiger partial charge in [-0.05, 0) is 18.8 Å². The van der Waals surface area contributed by atoms with Crippen LogP contribution >= 0.6 is 7.29 Å². The van der Waals surface area contributed by atoms with E-state index >= 15 is 0 Å². The van der Waals surface area contributed by atoms with Crippen molar-refractivity contribution in [3.8, 4) is 0 Å². The van der Waals surface area contributed by atoms with Crippen LogP contribution in [-0.4, -0.2) is 28.1 Å². The molecule has 0 saturated carbocycles. The lowest BCUT2D eigenvalue weighted by Gasteiger charge is -2.66. The summed E-state index contributed by atoms with van der Waals surface area (Å²) in [4.78, 5) is 0. The summed E-state index contributed by atoms with van der Waals surface area (Å²) in [5.41, 5.74) is 0. The van der Waals surface area contributed by atoms with Crippen LogP contribution in [0.2, 0.25) is 0 Å². The molecule has 2 nitrogen and oxygen atoms in total. The van der Waals surface area contributed by atoms with Gasteiger partial charge >= 0.3 is 0 Å². The van der Waals surface area contributed by atoms with Gasteiger partial charge in [-0.25, -0.2) is 0 Å². The number of rotatable bonds is 1. The Kier molecular flexibility index (Phi) is 2.84. The average molecular weight is 243 g/mol. The Morgan fingerprint density at radius 1 is 1.00 bits per heavy atom. The normalized spacial score (nSPS) is 42.7. The number of hydrogen-bond acceptors (Lipinski definition) is 1. The van der Waals surface area contributed by atoms with E-state index in [0.29, 0.717) is 5.92 Å². The third kappa shape index (κ3) is 1.26. The molecule has 16 heavy (non-hydrogen) atoms. The lowest BCUT2D eigenvalue weighted by atomic mass is 9.83. The van der Waals surface area contributed by atoms with Crippen LogP contribution in [0.5, 0.6) is 0 Å². The van der Waals surface area contributed by atoms with Crippen molar-refractivity contribution in [3.05, 3.63) is 0 Å². The molecule has 2 heterocycles. The number of hydrogen-bond donors (Lipinski definition) is 0. The first-order chi connectivity index (χ1) is 7.26. The van der Waals surface area contributed by atoms with Gasteiger partial charge in [0.2, 0.25) is 0 Å². The van der Waals surface area contributed by atoms with Gasteiger partial charge in [0.05, 0.1) is 0 Å². The standard InChI is InChI=1S/C13H26NOP/c1-11-12(2,3)16(15,13(11,4)5)14-9-7-6-8-10-14/h11H,6-10H2,1-5H3. The fraction of sp³-hybridized carbons (Fsp3) is 1.00. The minimum absolute atomic E-state index is 0.00778. The largest absolute Gasteiger partial charge is 0.305 e. The molecule has 0 aliphatic carbocycles. The summed E-state index contributed by atoms with van der Waals surface area (Å²) >= 11 is 0. The van der Waals surface area contributed by atoms with Crippen molar-refractivity contribution >= 4 is 7.29 Å². The van der Waals surface area contributed by atoms with Crippen LogP contribution in [0, 0.1) is 5.92 Å². The second-order valence-electron chi connectivity index (χ2n) is 6.62. The minimum Gasteiger partial charge on any atom is -0.305 e. The summed E-state index contributed by atoms with van der Waals surface area (Å²) < 4.78 is 15.8. The van der Waals surface area contributed by atoms with Crippen molar-refractivity contribution in [2.24, 2.45) is 5.92 Å². The van der Waals surface area contributed by atoms with Crippen LogP contribution in [-0.2, 0) is 4.57 Å². The monoisotopic (exact) mass is 243 g/mol. The van der Waals surface area contributed by atoms with Crippen molar-refractivity contribution < 1.29 is 4.57 Å². The van der Waals surface area contributed by atoms with Gasteiger partial charge in [0.25, 0.3) is 0 Å². The summed E-state index contributed by atoms with van der Waals surface area (Å²) in [6.07, 6.45) is 3.77. The molecule has 0 radical (unpaired) electrons. The smallest absolute Gasteiger partial charge is 0.161 e. The molecule has 0 aromatic rings. The first kappa shape index (κ1) is 12.6. The zero-order chi connectivity index (χ0) is 12.2. The molecular formula is C13H26NOP. The molecule has 0 atom stereocenters. The summed E-state index contributed by atoms with van der Waals surface area (Å²) in [6, 6.07) is 0. The second kappa shape index (κ2) is 3.59. The van der Waals surface area contributed by atoms with Crippen LogP contribution in [0.15, 0.2) is 0 Å². The number of nitrogens with zero attached hydrogens (tertiary/aromatic N) is 1. The van der Waals surface area contributed by atoms with E-state index in [1.165, 1.54) is 19.3 Å². The Hall–Kier alpha value is 0.190. The predicted octanol–water partition coefficient (Wildman–Crippen LogP) is 3.96. The van der Waals surface area contributed by atoms with Crippen molar-refractivity contribution in [3.63, 3.8) is 0 Å². The van der Waals surface area contributed by atoms with Crippen molar-refractivity contribution in [1.29, 1.82) is 0 Å². The van der Waals surface area contributed by atoms with E-state index in [2.05, 4.69) is 39.3 Å². The molecule has 2 fully saturated rings. The SMILES string of the molecule is CC1C(C)(C)P(=O)(N2CCCCC2)C1(C)C. The topological polar surface area (TPSA) is 20.3 Å². The molecule has 2 rings (SSSR count). The molecule has 0 aromatic heterocycles. The molecular weight excluding hydrogens is 217 g/mol. The fourth-order valence-electron chi connectivity index (χ4n) is 3.95. The third-order valence-corrected chi connectivity index (χ3v) is 10.5. The van der Waals surface area contributed by atoms with Gasteiger partial charge in [0, 0.05) is 23.4 Å². The van der Waals surface area contributed by atoms with E-state index in [1.807, 2.05) is 0 Å².